The molecule has 3 heterocycles. The third-order valence-corrected chi connectivity index (χ3v) is 8.74. The number of carbonyl (C=O) groups excluding carboxylic acids is 4. The van der Waals surface area contributed by atoms with E-state index in [0.29, 0.717) is 32.5 Å². The van der Waals surface area contributed by atoms with Gasteiger partial charge in [0.25, 0.3) is 0 Å². The van der Waals surface area contributed by atoms with Crippen LogP contribution in [0, 0.1) is 5.92 Å². The van der Waals surface area contributed by atoms with E-state index in [2.05, 4.69) is 44.9 Å². The molecule has 252 valence electrons. The molecule has 0 saturated carbocycles. The number of allylic oxidation sites excluding steroid dienone is 2. The van der Waals surface area contributed by atoms with Gasteiger partial charge in [0.1, 0.15) is 23.9 Å². The van der Waals surface area contributed by atoms with E-state index in [1.54, 1.807) is 13.0 Å². The SMILES string of the molecule is CC(=O)O[C@@H](C)/C=C\C(=O)N[C@@H]1C[C@H](C)[C@H](C/C=C(C)/C=C/[C@H]2O[C@H](CC(=O)NCCNC(=O)CBr)C[C@@]3(CO3)[C@@H]2O)O[C@@H]1C. The number of carbonyl (C=O) groups is 4. The Kier molecular flexibility index (Phi) is 14.2. The molecule has 3 rings (SSSR count). The summed E-state index contributed by atoms with van der Waals surface area (Å²) in [6.45, 7) is 10.1. The summed E-state index contributed by atoms with van der Waals surface area (Å²) in [4.78, 5) is 47.2. The number of epoxide rings is 1. The van der Waals surface area contributed by atoms with Gasteiger partial charge in [0.05, 0.1) is 42.7 Å². The fourth-order valence-electron chi connectivity index (χ4n) is 5.62. The second kappa shape index (κ2) is 17.4. The molecule has 9 atom stereocenters. The molecule has 0 unspecified atom stereocenters. The number of halogens is 1. The van der Waals surface area contributed by atoms with Crippen molar-refractivity contribution in [3.05, 3.63) is 36.0 Å². The predicted octanol–water partition coefficient (Wildman–Crippen LogP) is 1.99. The quantitative estimate of drug-likeness (QED) is 0.0531. The van der Waals surface area contributed by atoms with E-state index in [1.807, 2.05) is 26.0 Å². The summed E-state index contributed by atoms with van der Waals surface area (Å²) in [6, 6.07) is -0.139. The van der Waals surface area contributed by atoms with Crippen LogP contribution in [-0.2, 0) is 38.1 Å². The first-order chi connectivity index (χ1) is 21.3. The van der Waals surface area contributed by atoms with Crippen molar-refractivity contribution in [1.82, 2.24) is 16.0 Å². The largest absolute Gasteiger partial charge is 0.459 e. The number of nitrogens with one attached hydrogen (secondary N) is 3. The number of hydrogen-bond acceptors (Lipinski definition) is 9. The van der Waals surface area contributed by atoms with E-state index in [0.717, 1.165) is 12.0 Å². The normalized spacial score (nSPS) is 32.3. The van der Waals surface area contributed by atoms with E-state index >= 15 is 0 Å². The van der Waals surface area contributed by atoms with E-state index in [9.17, 15) is 24.3 Å². The summed E-state index contributed by atoms with van der Waals surface area (Å²) in [5.74, 6) is -0.803. The predicted molar refractivity (Wildman–Crippen MR) is 170 cm³/mol. The van der Waals surface area contributed by atoms with Gasteiger partial charge in [-0.15, -0.1) is 0 Å². The molecule has 4 N–H and O–H groups in total. The smallest absolute Gasteiger partial charge is 0.303 e. The zero-order valence-electron chi connectivity index (χ0n) is 26.8. The Morgan fingerprint density at radius 1 is 1.09 bits per heavy atom. The number of alkyl halides is 1. The van der Waals surface area contributed by atoms with Crippen molar-refractivity contribution in [1.29, 1.82) is 0 Å². The molecule has 13 heteroatoms. The minimum absolute atomic E-state index is 0.0219. The average molecular weight is 699 g/mol. The van der Waals surface area contributed by atoms with Crippen LogP contribution in [0.4, 0.5) is 0 Å². The molecule has 0 aromatic heterocycles. The molecule has 0 radical (unpaired) electrons. The maximum absolute atomic E-state index is 12.5. The van der Waals surface area contributed by atoms with Crippen molar-refractivity contribution in [2.24, 2.45) is 5.92 Å². The van der Waals surface area contributed by atoms with Crippen molar-refractivity contribution in [3.63, 3.8) is 0 Å². The van der Waals surface area contributed by atoms with Gasteiger partial charge < -0.3 is 40.0 Å². The standard InChI is InChI=1S/C32H48BrN3O9/c1-19(6-9-26-20(2)14-25(22(4)44-26)36-28(38)11-8-21(3)43-23(5)37)7-10-27-31(41)32(18-42-32)16-24(45-27)15-29(39)34-12-13-35-30(40)17-33/h6-8,10-11,20-22,24-27,31,41H,9,12-18H2,1-5H3,(H,34,39)(H,35,40)(H,36,38)/b10-7+,11-8-,19-6+/t20-,21-,22+,24+,25+,26-,27+,31+,32+/m0/s1. The highest BCUT2D eigenvalue weighted by atomic mass is 79.9. The number of aliphatic hydroxyl groups is 1. The van der Waals surface area contributed by atoms with Crippen molar-refractivity contribution < 1.29 is 43.2 Å². The molecule has 3 amide bonds. The van der Waals surface area contributed by atoms with E-state index in [4.69, 9.17) is 18.9 Å². The molecule has 0 aromatic rings. The van der Waals surface area contributed by atoms with Crippen molar-refractivity contribution in [2.75, 3.05) is 25.0 Å². The Morgan fingerprint density at radius 3 is 2.42 bits per heavy atom. The Labute approximate surface area is 273 Å². The highest BCUT2D eigenvalue weighted by Crippen LogP contribution is 2.43. The van der Waals surface area contributed by atoms with Gasteiger partial charge in [-0.1, -0.05) is 46.7 Å². The fourth-order valence-corrected chi connectivity index (χ4v) is 5.82. The monoisotopic (exact) mass is 697 g/mol. The van der Waals surface area contributed by atoms with Crippen LogP contribution in [0.2, 0.25) is 0 Å². The van der Waals surface area contributed by atoms with Crippen LogP contribution < -0.4 is 16.0 Å². The summed E-state index contributed by atoms with van der Waals surface area (Å²) in [5, 5.41) is 19.6. The first kappa shape index (κ1) is 36.9. The Balaban J connectivity index is 1.47. The summed E-state index contributed by atoms with van der Waals surface area (Å²) in [6.07, 6.45) is 8.17. The van der Waals surface area contributed by atoms with Crippen LogP contribution in [0.1, 0.15) is 60.3 Å². The van der Waals surface area contributed by atoms with Crippen molar-refractivity contribution in [3.8, 4) is 0 Å². The summed E-state index contributed by atoms with van der Waals surface area (Å²) < 4.78 is 23.0. The lowest BCUT2D eigenvalue weighted by atomic mass is 9.87. The summed E-state index contributed by atoms with van der Waals surface area (Å²) >= 11 is 3.08. The molecule has 3 aliphatic rings. The second-order valence-electron chi connectivity index (χ2n) is 12.2. The molecule has 3 saturated heterocycles. The fraction of sp³-hybridized carbons (Fsp3) is 0.688. The van der Waals surface area contributed by atoms with Crippen molar-refractivity contribution >= 4 is 39.6 Å². The molecule has 3 fully saturated rings. The van der Waals surface area contributed by atoms with Crippen LogP contribution in [0.15, 0.2) is 36.0 Å². The van der Waals surface area contributed by atoms with E-state index < -0.39 is 36.0 Å². The lowest BCUT2D eigenvalue weighted by Crippen LogP contribution is -2.51. The molecule has 0 aliphatic carbocycles. The number of ether oxygens (including phenoxy) is 4. The van der Waals surface area contributed by atoms with Crippen LogP contribution in [-0.4, -0.2) is 102 Å². The Morgan fingerprint density at radius 2 is 1.78 bits per heavy atom. The van der Waals surface area contributed by atoms with Gasteiger partial charge >= 0.3 is 5.97 Å². The highest BCUT2D eigenvalue weighted by Gasteiger charge is 2.58. The number of hydrogen-bond donors (Lipinski definition) is 4. The summed E-state index contributed by atoms with van der Waals surface area (Å²) in [5.41, 5.74) is 0.289. The van der Waals surface area contributed by atoms with Gasteiger partial charge in [-0.3, -0.25) is 19.2 Å². The second-order valence-corrected chi connectivity index (χ2v) is 12.7. The van der Waals surface area contributed by atoms with Gasteiger partial charge in [-0.2, -0.15) is 0 Å². The first-order valence-electron chi connectivity index (χ1n) is 15.5. The molecule has 3 aliphatic heterocycles. The molecule has 12 nitrogen and oxygen atoms in total. The van der Waals surface area contributed by atoms with Gasteiger partial charge in [-0.25, -0.2) is 0 Å². The zero-order chi connectivity index (χ0) is 33.1. The third-order valence-electron chi connectivity index (χ3n) is 8.23. The molecular formula is C32H48BrN3O9. The maximum atomic E-state index is 12.5. The maximum Gasteiger partial charge on any atom is 0.303 e. The van der Waals surface area contributed by atoms with Crippen molar-refractivity contribution in [2.45, 2.75) is 109 Å². The minimum atomic E-state index is -0.838. The lowest BCUT2D eigenvalue weighted by molar-refractivity contribution is -0.145. The number of esters is 1. The number of aliphatic hydroxyl groups excluding tert-OH is 1. The number of amides is 3. The first-order valence-corrected chi connectivity index (χ1v) is 16.7. The average Bonchev–Trinajstić information content (AvgIpc) is 3.75. The molecule has 0 bridgehead atoms. The third kappa shape index (κ3) is 11.9. The molecular weight excluding hydrogens is 650 g/mol. The topological polar surface area (TPSA) is 165 Å². The summed E-state index contributed by atoms with van der Waals surface area (Å²) in [7, 11) is 0. The van der Waals surface area contributed by atoms with Crippen LogP contribution >= 0.6 is 15.9 Å². The van der Waals surface area contributed by atoms with Crippen LogP contribution in [0.5, 0.6) is 0 Å². The molecule has 45 heavy (non-hydrogen) atoms. The van der Waals surface area contributed by atoms with Gasteiger partial charge in [0.2, 0.25) is 17.7 Å². The van der Waals surface area contributed by atoms with E-state index in [-0.39, 0.29) is 53.6 Å². The molecule has 1 spiro atoms. The zero-order valence-corrected chi connectivity index (χ0v) is 28.3. The van der Waals surface area contributed by atoms with Crippen LogP contribution in [0.3, 0.4) is 0 Å². The van der Waals surface area contributed by atoms with Crippen LogP contribution in [0.25, 0.3) is 0 Å². The highest BCUT2D eigenvalue weighted by molar-refractivity contribution is 9.09. The van der Waals surface area contributed by atoms with E-state index in [1.165, 1.54) is 13.0 Å². The molecule has 0 aromatic carbocycles. The minimum Gasteiger partial charge on any atom is -0.459 e. The Hall–Kier alpha value is -2.58. The van der Waals surface area contributed by atoms with Gasteiger partial charge in [-0.05, 0) is 45.6 Å². The lowest BCUT2D eigenvalue weighted by Gasteiger charge is -2.39. The number of rotatable bonds is 14. The van der Waals surface area contributed by atoms with Gasteiger partial charge in [0.15, 0.2) is 0 Å². The van der Waals surface area contributed by atoms with Gasteiger partial charge in [0, 0.05) is 32.5 Å². The Bertz CT molecular complexity index is 1140.